The van der Waals surface area contributed by atoms with Crippen LogP contribution in [0, 0.1) is 0 Å². The number of benzene rings is 1. The van der Waals surface area contributed by atoms with Crippen molar-refractivity contribution < 1.29 is 0 Å². The number of hydrogen-bond acceptors (Lipinski definition) is 3. The third kappa shape index (κ3) is 3.05. The van der Waals surface area contributed by atoms with E-state index >= 15 is 0 Å². The second-order valence-electron chi connectivity index (χ2n) is 5.88. The Hall–Kier alpha value is -1.88. The highest BCUT2D eigenvalue weighted by atomic mass is 35.5. The van der Waals surface area contributed by atoms with E-state index in [4.69, 9.17) is 16.7 Å². The second-order valence-corrected chi connectivity index (χ2v) is 6.31. The standard InChI is InChI=1S/C18H17ClN4.ClH/c1-12-11-23-16(10-21-12)17(13-6-8-20-9-7-13)18(22-23)14-2-4-15(19)5-3-14;/h2-9,12,21H,10-11H2,1H3;1H/t12-;/m0./s1. The van der Waals surface area contributed by atoms with Gasteiger partial charge in [0.1, 0.15) is 5.69 Å². The molecular weight excluding hydrogens is 343 g/mol. The van der Waals surface area contributed by atoms with Crippen LogP contribution in [0.5, 0.6) is 0 Å². The van der Waals surface area contributed by atoms with E-state index in [-0.39, 0.29) is 12.4 Å². The van der Waals surface area contributed by atoms with Gasteiger partial charge in [0.25, 0.3) is 0 Å². The van der Waals surface area contributed by atoms with E-state index < -0.39 is 0 Å². The number of aromatic nitrogens is 3. The van der Waals surface area contributed by atoms with Crippen molar-refractivity contribution in [2.24, 2.45) is 0 Å². The molecular formula is C18H18Cl2N4. The molecule has 1 atom stereocenters. The normalized spacial score (nSPS) is 16.3. The van der Waals surface area contributed by atoms with Crippen LogP contribution < -0.4 is 5.32 Å². The fourth-order valence-corrected chi connectivity index (χ4v) is 3.18. The van der Waals surface area contributed by atoms with Gasteiger partial charge in [0.2, 0.25) is 0 Å². The van der Waals surface area contributed by atoms with Gasteiger partial charge in [-0.3, -0.25) is 9.67 Å². The minimum Gasteiger partial charge on any atom is -0.307 e. The molecule has 6 heteroatoms. The Bertz CT molecular complexity index is 828. The molecule has 0 saturated carbocycles. The molecule has 24 heavy (non-hydrogen) atoms. The van der Waals surface area contributed by atoms with Crippen molar-refractivity contribution in [1.82, 2.24) is 20.1 Å². The first-order valence-corrected chi connectivity index (χ1v) is 8.09. The quantitative estimate of drug-likeness (QED) is 0.745. The highest BCUT2D eigenvalue weighted by Gasteiger charge is 2.24. The number of nitrogens with zero attached hydrogens (tertiary/aromatic N) is 3. The molecule has 0 bridgehead atoms. The van der Waals surface area contributed by atoms with Crippen molar-refractivity contribution in [3.63, 3.8) is 0 Å². The molecule has 1 aromatic carbocycles. The zero-order valence-corrected chi connectivity index (χ0v) is 14.8. The lowest BCUT2D eigenvalue weighted by Gasteiger charge is -2.22. The summed E-state index contributed by atoms with van der Waals surface area (Å²) in [6, 6.07) is 12.4. The molecule has 2 aromatic heterocycles. The minimum atomic E-state index is 0. The van der Waals surface area contributed by atoms with Gasteiger partial charge in [-0.2, -0.15) is 5.10 Å². The summed E-state index contributed by atoms with van der Waals surface area (Å²) >= 11 is 6.03. The number of fused-ring (bicyclic) bond motifs is 1. The first-order chi connectivity index (χ1) is 11.2. The van der Waals surface area contributed by atoms with Crippen LogP contribution in [0.15, 0.2) is 48.8 Å². The zero-order valence-electron chi connectivity index (χ0n) is 13.2. The van der Waals surface area contributed by atoms with Gasteiger partial charge in [-0.05, 0) is 36.8 Å². The van der Waals surface area contributed by atoms with E-state index in [0.717, 1.165) is 34.9 Å². The predicted molar refractivity (Wildman–Crippen MR) is 99.5 cm³/mol. The Morgan fingerprint density at radius 2 is 1.79 bits per heavy atom. The summed E-state index contributed by atoms with van der Waals surface area (Å²) in [6.07, 6.45) is 3.65. The maximum Gasteiger partial charge on any atom is 0.100 e. The Morgan fingerprint density at radius 3 is 2.50 bits per heavy atom. The van der Waals surface area contributed by atoms with Crippen LogP contribution in [0.1, 0.15) is 12.6 Å². The van der Waals surface area contributed by atoms with Crippen LogP contribution in [0.2, 0.25) is 5.02 Å². The monoisotopic (exact) mass is 360 g/mol. The molecule has 0 fully saturated rings. The molecule has 1 N–H and O–H groups in total. The second kappa shape index (κ2) is 6.93. The molecule has 4 nitrogen and oxygen atoms in total. The molecule has 0 aliphatic carbocycles. The molecule has 124 valence electrons. The highest BCUT2D eigenvalue weighted by Crippen LogP contribution is 2.35. The van der Waals surface area contributed by atoms with Crippen molar-refractivity contribution in [3.8, 4) is 22.4 Å². The van der Waals surface area contributed by atoms with E-state index in [9.17, 15) is 0 Å². The van der Waals surface area contributed by atoms with Gasteiger partial charge < -0.3 is 5.32 Å². The number of halogens is 2. The maximum absolute atomic E-state index is 6.03. The third-order valence-electron chi connectivity index (χ3n) is 4.21. The molecule has 0 radical (unpaired) electrons. The number of rotatable bonds is 2. The van der Waals surface area contributed by atoms with Crippen LogP contribution in [0.3, 0.4) is 0 Å². The molecule has 0 spiro atoms. The van der Waals surface area contributed by atoms with Gasteiger partial charge in [0.05, 0.1) is 12.2 Å². The Labute approximate surface area is 152 Å². The molecule has 0 saturated heterocycles. The Morgan fingerprint density at radius 1 is 1.08 bits per heavy atom. The van der Waals surface area contributed by atoms with Crippen LogP contribution in [-0.4, -0.2) is 20.8 Å². The third-order valence-corrected chi connectivity index (χ3v) is 4.46. The predicted octanol–water partition coefficient (Wildman–Crippen LogP) is 4.18. The van der Waals surface area contributed by atoms with Crippen LogP contribution in [0.25, 0.3) is 22.4 Å². The lowest BCUT2D eigenvalue weighted by atomic mass is 9.99. The van der Waals surface area contributed by atoms with Crippen LogP contribution >= 0.6 is 24.0 Å². The fourth-order valence-electron chi connectivity index (χ4n) is 3.05. The average molecular weight is 361 g/mol. The average Bonchev–Trinajstić information content (AvgIpc) is 2.94. The van der Waals surface area contributed by atoms with Gasteiger partial charge in [0.15, 0.2) is 0 Å². The zero-order chi connectivity index (χ0) is 15.8. The molecule has 1 aliphatic heterocycles. The number of nitrogens with one attached hydrogen (secondary N) is 1. The summed E-state index contributed by atoms with van der Waals surface area (Å²) < 4.78 is 2.13. The number of hydrogen-bond donors (Lipinski definition) is 1. The van der Waals surface area contributed by atoms with Crippen molar-refractivity contribution in [2.75, 3.05) is 0 Å². The van der Waals surface area contributed by atoms with Gasteiger partial charge in [0, 0.05) is 41.1 Å². The smallest absolute Gasteiger partial charge is 0.100 e. The maximum atomic E-state index is 6.03. The van der Waals surface area contributed by atoms with E-state index in [1.165, 1.54) is 11.3 Å². The van der Waals surface area contributed by atoms with Crippen molar-refractivity contribution >= 4 is 24.0 Å². The minimum absolute atomic E-state index is 0. The summed E-state index contributed by atoms with van der Waals surface area (Å²) in [5, 5.41) is 9.15. The summed E-state index contributed by atoms with van der Waals surface area (Å²) in [6.45, 7) is 3.87. The van der Waals surface area contributed by atoms with Crippen LogP contribution in [0.4, 0.5) is 0 Å². The molecule has 4 rings (SSSR count). The summed E-state index contributed by atoms with van der Waals surface area (Å²) in [4.78, 5) is 4.13. The van der Waals surface area contributed by atoms with E-state index in [1.54, 1.807) is 0 Å². The number of pyridine rings is 1. The molecule has 0 unspecified atom stereocenters. The van der Waals surface area contributed by atoms with Crippen molar-refractivity contribution in [2.45, 2.75) is 26.1 Å². The highest BCUT2D eigenvalue weighted by molar-refractivity contribution is 6.30. The van der Waals surface area contributed by atoms with Gasteiger partial charge in [-0.25, -0.2) is 0 Å². The fraction of sp³-hybridized carbons (Fsp3) is 0.222. The topological polar surface area (TPSA) is 42.7 Å². The van der Waals surface area contributed by atoms with E-state index in [0.29, 0.717) is 6.04 Å². The Balaban J connectivity index is 0.00000169. The summed E-state index contributed by atoms with van der Waals surface area (Å²) in [7, 11) is 0. The lowest BCUT2D eigenvalue weighted by molar-refractivity contribution is 0.390. The summed E-state index contributed by atoms with van der Waals surface area (Å²) in [5.41, 5.74) is 5.62. The molecule has 0 amide bonds. The molecule has 1 aliphatic rings. The SMILES string of the molecule is C[C@H]1Cn2nc(-c3ccc(Cl)cc3)c(-c3ccncc3)c2CN1.Cl. The van der Waals surface area contributed by atoms with E-state index in [2.05, 4.69) is 21.9 Å². The largest absolute Gasteiger partial charge is 0.307 e. The Kier molecular flexibility index (Phi) is 4.90. The first kappa shape index (κ1) is 17.0. The molecule has 3 aromatic rings. The van der Waals surface area contributed by atoms with Gasteiger partial charge >= 0.3 is 0 Å². The van der Waals surface area contributed by atoms with Crippen molar-refractivity contribution in [3.05, 3.63) is 59.5 Å². The summed E-state index contributed by atoms with van der Waals surface area (Å²) in [5.74, 6) is 0. The lowest BCUT2D eigenvalue weighted by Crippen LogP contribution is -2.36. The molecule has 3 heterocycles. The van der Waals surface area contributed by atoms with E-state index in [1.807, 2.05) is 48.8 Å². The van der Waals surface area contributed by atoms with Crippen LogP contribution in [-0.2, 0) is 13.1 Å². The van der Waals surface area contributed by atoms with Gasteiger partial charge in [-0.1, -0.05) is 23.7 Å². The van der Waals surface area contributed by atoms with Crippen molar-refractivity contribution in [1.29, 1.82) is 0 Å². The first-order valence-electron chi connectivity index (χ1n) is 7.72. The van der Waals surface area contributed by atoms with Gasteiger partial charge in [-0.15, -0.1) is 12.4 Å².